The molecular weight excluding hydrogens is 194 g/mol. The number of aliphatic imine (C=N–C) groups is 1. The van der Waals surface area contributed by atoms with Gasteiger partial charge in [0.25, 0.3) is 0 Å². The lowest BCUT2D eigenvalue weighted by Crippen LogP contribution is -2.32. The zero-order chi connectivity index (χ0) is 10.1. The van der Waals surface area contributed by atoms with Gasteiger partial charge in [0, 0.05) is 6.26 Å². The molecule has 6 nitrogen and oxygen atoms in total. The maximum absolute atomic E-state index is 11.2. The van der Waals surface area contributed by atoms with Gasteiger partial charge in [-0.25, -0.2) is 13.9 Å². The van der Waals surface area contributed by atoms with Gasteiger partial charge in [-0.1, -0.05) is 0 Å². The first-order chi connectivity index (χ1) is 5.91. The largest absolute Gasteiger partial charge is 0.368 e. The van der Waals surface area contributed by atoms with E-state index in [1.54, 1.807) is 5.48 Å². The van der Waals surface area contributed by atoms with Crippen molar-refractivity contribution in [1.82, 2.24) is 5.48 Å². The monoisotopic (exact) mass is 207 g/mol. The number of nitrogens with two attached hydrogens (primary N) is 1. The van der Waals surface area contributed by atoms with Crippen molar-refractivity contribution in [2.24, 2.45) is 10.7 Å². The van der Waals surface area contributed by atoms with Crippen LogP contribution in [0.25, 0.3) is 0 Å². The van der Waals surface area contributed by atoms with Crippen LogP contribution >= 0.6 is 0 Å². The van der Waals surface area contributed by atoms with Gasteiger partial charge in [-0.05, 0) is 12.8 Å². The lowest BCUT2D eigenvalue weighted by molar-refractivity contribution is 0.232. The average molecular weight is 207 g/mol. The van der Waals surface area contributed by atoms with E-state index in [4.69, 9.17) is 10.9 Å². The second-order valence-corrected chi connectivity index (χ2v) is 5.68. The highest BCUT2D eigenvalue weighted by Gasteiger charge is 2.51. The molecule has 1 saturated carbocycles. The van der Waals surface area contributed by atoms with Gasteiger partial charge >= 0.3 is 0 Å². The van der Waals surface area contributed by atoms with Crippen LogP contribution in [0.15, 0.2) is 4.99 Å². The Hall–Kier alpha value is -0.820. The molecule has 1 rings (SSSR count). The molecule has 76 valence electrons. The Kier molecular flexibility index (Phi) is 2.49. The fourth-order valence-corrected chi connectivity index (χ4v) is 2.19. The van der Waals surface area contributed by atoms with Crippen molar-refractivity contribution in [3.05, 3.63) is 0 Å². The van der Waals surface area contributed by atoms with Crippen LogP contribution < -0.4 is 11.2 Å². The molecule has 13 heavy (non-hydrogen) atoms. The topological polar surface area (TPSA) is 105 Å². The zero-order valence-corrected chi connectivity index (χ0v) is 8.13. The summed E-state index contributed by atoms with van der Waals surface area (Å²) in [5.74, 6) is -0.157. The third-order valence-electron chi connectivity index (χ3n) is 2.25. The van der Waals surface area contributed by atoms with Gasteiger partial charge < -0.3 is 5.73 Å². The Bertz CT molecular complexity index is 318. The first kappa shape index (κ1) is 10.3. The van der Waals surface area contributed by atoms with Crippen molar-refractivity contribution >= 4 is 15.8 Å². The van der Waals surface area contributed by atoms with Crippen LogP contribution in [-0.4, -0.2) is 37.1 Å². The molecule has 0 amide bonds. The summed E-state index contributed by atoms with van der Waals surface area (Å²) in [4.78, 5) is 3.70. The molecule has 7 heteroatoms. The molecule has 0 spiro atoms. The van der Waals surface area contributed by atoms with Gasteiger partial charge in [-0.15, -0.1) is 0 Å². The summed E-state index contributed by atoms with van der Waals surface area (Å²) < 4.78 is 21.7. The van der Waals surface area contributed by atoms with Gasteiger partial charge in [-0.3, -0.25) is 10.2 Å². The smallest absolute Gasteiger partial charge is 0.212 e. The first-order valence-electron chi connectivity index (χ1n) is 3.81. The van der Waals surface area contributed by atoms with Gasteiger partial charge in [0.05, 0.1) is 11.3 Å². The van der Waals surface area contributed by atoms with Gasteiger partial charge in [0.15, 0.2) is 9.84 Å². The quantitative estimate of drug-likeness (QED) is 0.308. The minimum Gasteiger partial charge on any atom is -0.368 e. The Morgan fingerprint density at radius 1 is 1.69 bits per heavy atom. The van der Waals surface area contributed by atoms with Crippen LogP contribution in [0.3, 0.4) is 0 Å². The molecule has 0 bridgehead atoms. The second-order valence-electron chi connectivity index (χ2n) is 3.27. The van der Waals surface area contributed by atoms with Crippen LogP contribution in [0.2, 0.25) is 0 Å². The number of nitrogens with one attached hydrogen (secondary N) is 1. The maximum Gasteiger partial charge on any atom is 0.212 e. The maximum atomic E-state index is 11.2. The number of nitrogens with zero attached hydrogens (tertiary/aromatic N) is 1. The number of guanidine groups is 1. The predicted octanol–water partition coefficient (Wildman–Crippen LogP) is -1.14. The van der Waals surface area contributed by atoms with Crippen molar-refractivity contribution in [3.8, 4) is 0 Å². The van der Waals surface area contributed by atoms with Crippen LogP contribution in [0.4, 0.5) is 0 Å². The highest BCUT2D eigenvalue weighted by molar-refractivity contribution is 7.92. The van der Waals surface area contributed by atoms with Crippen molar-refractivity contribution < 1.29 is 13.6 Å². The molecule has 0 saturated heterocycles. The van der Waals surface area contributed by atoms with E-state index in [0.717, 1.165) is 0 Å². The van der Waals surface area contributed by atoms with Crippen molar-refractivity contribution in [1.29, 1.82) is 0 Å². The van der Waals surface area contributed by atoms with Gasteiger partial charge in [-0.2, -0.15) is 0 Å². The van der Waals surface area contributed by atoms with Crippen LogP contribution in [0.1, 0.15) is 12.8 Å². The number of sulfone groups is 1. The van der Waals surface area contributed by atoms with E-state index >= 15 is 0 Å². The summed E-state index contributed by atoms with van der Waals surface area (Å²) in [6.07, 6.45) is 2.43. The molecule has 0 aromatic rings. The lowest BCUT2D eigenvalue weighted by atomic mass is 10.4. The number of hydroxylamine groups is 1. The minimum atomic E-state index is -3.07. The van der Waals surface area contributed by atoms with Gasteiger partial charge in [0.2, 0.25) is 5.96 Å². The molecule has 0 unspecified atom stereocenters. The molecule has 1 aliphatic carbocycles. The summed E-state index contributed by atoms with van der Waals surface area (Å²) >= 11 is 0. The molecule has 0 aliphatic heterocycles. The summed E-state index contributed by atoms with van der Waals surface area (Å²) in [5.41, 5.74) is 6.79. The highest BCUT2D eigenvalue weighted by Crippen LogP contribution is 2.43. The number of rotatable bonds is 3. The molecule has 4 N–H and O–H groups in total. The fraction of sp³-hybridized carbons (Fsp3) is 0.833. The van der Waals surface area contributed by atoms with E-state index in [-0.39, 0.29) is 12.5 Å². The van der Waals surface area contributed by atoms with E-state index in [1.165, 1.54) is 6.26 Å². The molecule has 0 atom stereocenters. The Labute approximate surface area is 76.7 Å². The van der Waals surface area contributed by atoms with E-state index in [2.05, 4.69) is 4.99 Å². The molecule has 0 heterocycles. The highest BCUT2D eigenvalue weighted by atomic mass is 32.2. The van der Waals surface area contributed by atoms with E-state index in [0.29, 0.717) is 12.8 Å². The van der Waals surface area contributed by atoms with Crippen LogP contribution in [0, 0.1) is 0 Å². The van der Waals surface area contributed by atoms with E-state index in [1.807, 2.05) is 0 Å². The van der Waals surface area contributed by atoms with E-state index < -0.39 is 14.6 Å². The third-order valence-corrected chi connectivity index (χ3v) is 4.36. The van der Waals surface area contributed by atoms with Crippen molar-refractivity contribution in [2.45, 2.75) is 17.6 Å². The summed E-state index contributed by atoms with van der Waals surface area (Å²) in [7, 11) is -3.07. The fourth-order valence-electron chi connectivity index (χ4n) is 1.05. The van der Waals surface area contributed by atoms with Crippen LogP contribution in [-0.2, 0) is 9.84 Å². The van der Waals surface area contributed by atoms with E-state index in [9.17, 15) is 8.42 Å². The summed E-state index contributed by atoms with van der Waals surface area (Å²) in [5, 5.41) is 8.30. The predicted molar refractivity (Wildman–Crippen MR) is 48.2 cm³/mol. The summed E-state index contributed by atoms with van der Waals surface area (Å²) in [6, 6.07) is 0. The SMILES string of the molecule is CS(=O)(=O)C1(CN=C(N)NO)CC1. The first-order valence-corrected chi connectivity index (χ1v) is 5.70. The third kappa shape index (κ3) is 2.10. The number of hydrogen-bond acceptors (Lipinski definition) is 4. The Morgan fingerprint density at radius 2 is 2.23 bits per heavy atom. The number of hydrogen-bond donors (Lipinski definition) is 3. The molecule has 0 aromatic heterocycles. The van der Waals surface area contributed by atoms with Gasteiger partial charge in [0.1, 0.15) is 0 Å². The van der Waals surface area contributed by atoms with Crippen LogP contribution in [0.5, 0.6) is 0 Å². The minimum absolute atomic E-state index is 0.116. The molecule has 0 radical (unpaired) electrons. The zero-order valence-electron chi connectivity index (χ0n) is 7.32. The molecule has 1 aliphatic rings. The lowest BCUT2D eigenvalue weighted by Gasteiger charge is -2.09. The average Bonchev–Trinajstić information content (AvgIpc) is 2.79. The van der Waals surface area contributed by atoms with Crippen molar-refractivity contribution in [2.75, 3.05) is 12.8 Å². The molecule has 1 fully saturated rings. The second kappa shape index (κ2) is 3.15. The molecule has 0 aromatic carbocycles. The summed E-state index contributed by atoms with van der Waals surface area (Å²) in [6.45, 7) is 0.116. The molecular formula is C6H13N3O3S. The van der Waals surface area contributed by atoms with Crippen molar-refractivity contribution in [3.63, 3.8) is 0 Å². The normalized spacial score (nSPS) is 21.2. The standard InChI is InChI=1S/C6H13N3O3S/c1-13(11,12)6(2-3-6)4-8-5(7)9-10/h10H,2-4H2,1H3,(H3,7,8,9). The Morgan fingerprint density at radius 3 is 2.54 bits per heavy atom. The Balaban J connectivity index is 2.65.